The van der Waals surface area contributed by atoms with E-state index in [4.69, 9.17) is 0 Å². The molecule has 98 valence electrons. The number of aromatic nitrogens is 4. The number of rotatable bonds is 1. The van der Waals surface area contributed by atoms with E-state index in [1.54, 1.807) is 24.8 Å². The Labute approximate surface area is 110 Å². The van der Waals surface area contributed by atoms with E-state index >= 15 is 0 Å². The van der Waals surface area contributed by atoms with Gasteiger partial charge in [-0.25, -0.2) is 9.97 Å². The van der Waals surface area contributed by atoms with Gasteiger partial charge in [0.1, 0.15) is 6.33 Å². The summed E-state index contributed by atoms with van der Waals surface area (Å²) < 4.78 is 0. The third-order valence-corrected chi connectivity index (χ3v) is 1.96. The zero-order chi connectivity index (χ0) is 13.8. The van der Waals surface area contributed by atoms with Crippen molar-refractivity contribution in [2.24, 2.45) is 0 Å². The largest absolute Gasteiger partial charge is 0.245 e. The second kappa shape index (κ2) is 10.3. The van der Waals surface area contributed by atoms with Crippen LogP contribution >= 0.6 is 0 Å². The van der Waals surface area contributed by atoms with Crippen molar-refractivity contribution < 1.29 is 0 Å². The molecule has 4 heteroatoms. The van der Waals surface area contributed by atoms with E-state index in [-0.39, 0.29) is 0 Å². The van der Waals surface area contributed by atoms with Crippen LogP contribution in [0.15, 0.2) is 37.2 Å². The maximum atomic E-state index is 3.77. The van der Waals surface area contributed by atoms with Crippen LogP contribution in [0.2, 0.25) is 0 Å². The highest BCUT2D eigenvalue weighted by Gasteiger charge is 1.95. The van der Waals surface area contributed by atoms with Gasteiger partial charge in [-0.2, -0.15) is 10.2 Å². The Kier molecular flexibility index (Phi) is 9.27. The zero-order valence-corrected chi connectivity index (χ0v) is 11.8. The second-order valence-electron chi connectivity index (χ2n) is 3.75. The average Bonchev–Trinajstić information content (AvgIpc) is 2.43. The first-order valence-corrected chi connectivity index (χ1v) is 6.18. The third kappa shape index (κ3) is 7.44. The van der Waals surface area contributed by atoms with Crippen LogP contribution in [-0.2, 0) is 0 Å². The molecule has 2 heterocycles. The molecule has 4 nitrogen and oxygen atoms in total. The van der Waals surface area contributed by atoms with E-state index in [1.807, 2.05) is 26.8 Å². The van der Waals surface area contributed by atoms with Crippen LogP contribution in [0.25, 0.3) is 0 Å². The fourth-order valence-electron chi connectivity index (χ4n) is 1.02. The fraction of sp³-hybridized carbons (Fsp3) is 0.429. The lowest BCUT2D eigenvalue weighted by atomic mass is 10.1. The van der Waals surface area contributed by atoms with E-state index in [9.17, 15) is 0 Å². The molecule has 2 rings (SSSR count). The highest BCUT2D eigenvalue weighted by Crippen LogP contribution is 2.09. The van der Waals surface area contributed by atoms with Gasteiger partial charge >= 0.3 is 0 Å². The predicted octanol–water partition coefficient (Wildman–Crippen LogP) is 3.41. The van der Waals surface area contributed by atoms with Gasteiger partial charge in [-0.3, -0.25) is 0 Å². The van der Waals surface area contributed by atoms with Gasteiger partial charge in [-0.05, 0) is 30.0 Å². The quantitative estimate of drug-likeness (QED) is 0.773. The van der Waals surface area contributed by atoms with Crippen LogP contribution < -0.4 is 0 Å². The molecular weight excluding hydrogens is 224 g/mol. The molecule has 0 radical (unpaired) electrons. The van der Waals surface area contributed by atoms with Crippen molar-refractivity contribution in [3.63, 3.8) is 0 Å². The maximum absolute atomic E-state index is 3.77. The molecule has 0 N–H and O–H groups in total. The smallest absolute Gasteiger partial charge is 0.115 e. The topological polar surface area (TPSA) is 51.6 Å². The fourth-order valence-corrected chi connectivity index (χ4v) is 1.02. The summed E-state index contributed by atoms with van der Waals surface area (Å²) in [6.45, 7) is 10.2. The van der Waals surface area contributed by atoms with Crippen molar-refractivity contribution in [2.75, 3.05) is 0 Å². The monoisotopic (exact) mass is 246 g/mol. The summed E-state index contributed by atoms with van der Waals surface area (Å²) in [5.41, 5.74) is 2.34. The summed E-state index contributed by atoms with van der Waals surface area (Å²) in [6.07, 6.45) is 8.58. The van der Waals surface area contributed by atoms with Crippen molar-refractivity contribution in [1.29, 1.82) is 0 Å². The molecular formula is C14H22N4. The summed E-state index contributed by atoms with van der Waals surface area (Å²) >= 11 is 0. The molecule has 0 atom stereocenters. The molecule has 0 aliphatic carbocycles. The van der Waals surface area contributed by atoms with Crippen molar-refractivity contribution in [3.8, 4) is 0 Å². The molecule has 2 aromatic heterocycles. The van der Waals surface area contributed by atoms with E-state index in [2.05, 4.69) is 34.0 Å². The van der Waals surface area contributed by atoms with E-state index in [0.717, 1.165) is 5.56 Å². The summed E-state index contributed by atoms with van der Waals surface area (Å²) in [5, 5.41) is 7.43. The molecule has 0 aliphatic heterocycles. The first kappa shape index (κ1) is 16.2. The van der Waals surface area contributed by atoms with Crippen molar-refractivity contribution in [1.82, 2.24) is 20.2 Å². The highest BCUT2D eigenvalue weighted by atomic mass is 15.1. The van der Waals surface area contributed by atoms with Crippen LogP contribution in [0.1, 0.15) is 44.7 Å². The lowest BCUT2D eigenvalue weighted by molar-refractivity contribution is 0.841. The molecule has 2 aromatic rings. The number of nitrogens with zero attached hydrogens (tertiary/aromatic N) is 4. The molecule has 0 bridgehead atoms. The normalized spacial score (nSPS) is 8.78. The van der Waals surface area contributed by atoms with Gasteiger partial charge in [-0.1, -0.05) is 27.7 Å². The Balaban J connectivity index is 0.000000289. The Bertz CT molecular complexity index is 387. The number of aryl methyl sites for hydroxylation is 1. The summed E-state index contributed by atoms with van der Waals surface area (Å²) in [5.74, 6) is 0.556. The van der Waals surface area contributed by atoms with Crippen LogP contribution in [-0.4, -0.2) is 20.2 Å². The molecule has 0 saturated carbocycles. The minimum Gasteiger partial charge on any atom is -0.245 e. The van der Waals surface area contributed by atoms with Crippen LogP contribution in [0, 0.1) is 6.92 Å². The maximum Gasteiger partial charge on any atom is 0.115 e. The van der Waals surface area contributed by atoms with Gasteiger partial charge in [0.2, 0.25) is 0 Å². The molecule has 0 fully saturated rings. The molecule has 18 heavy (non-hydrogen) atoms. The van der Waals surface area contributed by atoms with Crippen molar-refractivity contribution in [2.45, 2.75) is 40.5 Å². The summed E-state index contributed by atoms with van der Waals surface area (Å²) in [7, 11) is 0. The Morgan fingerprint density at radius 2 is 1.56 bits per heavy atom. The zero-order valence-electron chi connectivity index (χ0n) is 11.8. The third-order valence-electron chi connectivity index (χ3n) is 1.96. The van der Waals surface area contributed by atoms with Gasteiger partial charge in [-0.15, -0.1) is 0 Å². The molecule has 0 spiro atoms. The van der Waals surface area contributed by atoms with Crippen molar-refractivity contribution >= 4 is 0 Å². The molecule has 0 amide bonds. The van der Waals surface area contributed by atoms with Gasteiger partial charge in [0.15, 0.2) is 0 Å². The lowest BCUT2D eigenvalue weighted by Gasteiger charge is -2.00. The Morgan fingerprint density at radius 1 is 0.944 bits per heavy atom. The van der Waals surface area contributed by atoms with Crippen LogP contribution in [0.5, 0.6) is 0 Å². The highest BCUT2D eigenvalue weighted by molar-refractivity contribution is 5.09. The average molecular weight is 246 g/mol. The van der Waals surface area contributed by atoms with Crippen LogP contribution in [0.3, 0.4) is 0 Å². The summed E-state index contributed by atoms with van der Waals surface area (Å²) in [4.78, 5) is 7.55. The lowest BCUT2D eigenvalue weighted by Crippen LogP contribution is -1.88. The molecule has 0 saturated heterocycles. The second-order valence-corrected chi connectivity index (χ2v) is 3.75. The molecule has 0 unspecified atom stereocenters. The SMILES string of the molecule is CC.CC(C)c1ccnnc1.Cc1cncnc1. The first-order chi connectivity index (χ1) is 8.70. The van der Waals surface area contributed by atoms with Gasteiger partial charge in [0.05, 0.1) is 6.20 Å². The van der Waals surface area contributed by atoms with Gasteiger partial charge in [0.25, 0.3) is 0 Å². The minimum atomic E-state index is 0.556. The molecule has 0 aliphatic rings. The Hall–Kier alpha value is -1.84. The number of hydrogen-bond donors (Lipinski definition) is 0. The van der Waals surface area contributed by atoms with E-state index in [0.29, 0.717) is 5.92 Å². The first-order valence-electron chi connectivity index (χ1n) is 6.18. The van der Waals surface area contributed by atoms with E-state index < -0.39 is 0 Å². The predicted molar refractivity (Wildman–Crippen MR) is 74.2 cm³/mol. The van der Waals surface area contributed by atoms with Gasteiger partial charge in [0, 0.05) is 18.6 Å². The number of hydrogen-bond acceptors (Lipinski definition) is 4. The minimum absolute atomic E-state index is 0.556. The van der Waals surface area contributed by atoms with E-state index in [1.165, 1.54) is 11.9 Å². The van der Waals surface area contributed by atoms with Crippen molar-refractivity contribution in [3.05, 3.63) is 48.3 Å². The van der Waals surface area contributed by atoms with Crippen LogP contribution in [0.4, 0.5) is 0 Å². The standard InChI is InChI=1S/C7H10N2.C5H6N2.C2H6/c1-6(2)7-3-4-8-9-5-7;1-5-2-6-4-7-3-5;1-2/h3-6H,1-2H3;2-4H,1H3;1-2H3. The molecule has 0 aromatic carbocycles. The summed E-state index contributed by atoms with van der Waals surface area (Å²) in [6, 6.07) is 1.98. The Morgan fingerprint density at radius 3 is 1.83 bits per heavy atom. The van der Waals surface area contributed by atoms with Gasteiger partial charge < -0.3 is 0 Å².